The summed E-state index contributed by atoms with van der Waals surface area (Å²) in [5, 5.41) is 13.7. The van der Waals surface area contributed by atoms with Gasteiger partial charge < -0.3 is 15.5 Å². The van der Waals surface area contributed by atoms with Gasteiger partial charge in [-0.1, -0.05) is 38.8 Å². The SMILES string of the molecule is CC(C)CN=CCC(=N)C(=O)NC1CCCCCC=CC2CC2(C(=O)NS(=O)(=O)C2(C)CC2)NC(=O)C2CCCN2C1=O. The topological polar surface area (TPSA) is 178 Å². The lowest BCUT2D eigenvalue weighted by Gasteiger charge is -2.30. The molecular formula is C30H46N6O6S. The number of rotatable bonds is 9. The highest BCUT2D eigenvalue weighted by atomic mass is 32.2. The molecule has 0 aromatic carbocycles. The zero-order chi connectivity index (χ0) is 31.4. The van der Waals surface area contributed by atoms with E-state index in [1.54, 1.807) is 13.1 Å². The minimum absolute atomic E-state index is 0.0563. The quantitative estimate of drug-likeness (QED) is 0.227. The lowest BCUT2D eigenvalue weighted by atomic mass is 10.0. The molecule has 12 nitrogen and oxygen atoms in total. The molecule has 4 unspecified atom stereocenters. The third-order valence-corrected chi connectivity index (χ3v) is 11.1. The molecule has 13 heteroatoms. The van der Waals surface area contributed by atoms with Crippen molar-refractivity contribution < 1.29 is 27.6 Å². The van der Waals surface area contributed by atoms with Gasteiger partial charge in [-0.3, -0.25) is 34.3 Å². The highest BCUT2D eigenvalue weighted by Crippen LogP contribution is 2.47. The third kappa shape index (κ3) is 7.71. The molecule has 0 radical (unpaired) electrons. The Morgan fingerprint density at radius 3 is 2.63 bits per heavy atom. The fourth-order valence-corrected chi connectivity index (χ4v) is 6.97. The number of hydrogen-bond donors (Lipinski definition) is 4. The molecule has 0 spiro atoms. The Kier molecular flexibility index (Phi) is 10.1. The molecule has 238 valence electrons. The Morgan fingerprint density at radius 2 is 1.93 bits per heavy atom. The van der Waals surface area contributed by atoms with E-state index >= 15 is 0 Å². The average molecular weight is 619 g/mol. The van der Waals surface area contributed by atoms with Gasteiger partial charge in [0.2, 0.25) is 21.8 Å². The van der Waals surface area contributed by atoms with E-state index < -0.39 is 56.0 Å². The van der Waals surface area contributed by atoms with Crippen molar-refractivity contribution in [3.05, 3.63) is 12.2 Å². The van der Waals surface area contributed by atoms with Gasteiger partial charge in [-0.2, -0.15) is 0 Å². The van der Waals surface area contributed by atoms with Crippen LogP contribution in [0, 0.1) is 17.2 Å². The number of fused-ring (bicyclic) bond motifs is 2. The van der Waals surface area contributed by atoms with Crippen molar-refractivity contribution >= 4 is 45.6 Å². The van der Waals surface area contributed by atoms with Gasteiger partial charge in [0.1, 0.15) is 23.3 Å². The van der Waals surface area contributed by atoms with E-state index in [0.29, 0.717) is 57.5 Å². The summed E-state index contributed by atoms with van der Waals surface area (Å²) in [4.78, 5) is 59.4. The molecule has 43 heavy (non-hydrogen) atoms. The minimum atomic E-state index is -3.90. The van der Waals surface area contributed by atoms with Crippen LogP contribution in [0.2, 0.25) is 0 Å². The fourth-order valence-electron chi connectivity index (χ4n) is 5.65. The van der Waals surface area contributed by atoms with E-state index in [2.05, 4.69) is 20.3 Å². The number of amides is 4. The lowest BCUT2D eigenvalue weighted by Crippen LogP contribution is -2.58. The Labute approximate surface area is 254 Å². The first-order valence-corrected chi connectivity index (χ1v) is 17.0. The normalized spacial score (nSPS) is 29.2. The van der Waals surface area contributed by atoms with Crippen LogP contribution in [-0.4, -0.2) is 84.3 Å². The van der Waals surface area contributed by atoms with Gasteiger partial charge in [0, 0.05) is 31.6 Å². The number of sulfonamides is 1. The van der Waals surface area contributed by atoms with Crippen LogP contribution in [0.1, 0.15) is 91.4 Å². The molecule has 2 saturated carbocycles. The Balaban J connectivity index is 1.49. The Morgan fingerprint density at radius 1 is 1.19 bits per heavy atom. The molecule has 0 aromatic rings. The zero-order valence-electron chi connectivity index (χ0n) is 25.5. The molecule has 4 aliphatic rings. The van der Waals surface area contributed by atoms with Crippen molar-refractivity contribution in [3.63, 3.8) is 0 Å². The summed E-state index contributed by atoms with van der Waals surface area (Å²) in [5.41, 5.74) is -1.59. The number of aliphatic imine (C=N–C) groups is 1. The highest BCUT2D eigenvalue weighted by molar-refractivity contribution is 7.91. The number of nitrogens with zero attached hydrogens (tertiary/aromatic N) is 2. The molecule has 1 saturated heterocycles. The monoisotopic (exact) mass is 618 g/mol. The van der Waals surface area contributed by atoms with Crippen LogP contribution in [0.5, 0.6) is 0 Å². The van der Waals surface area contributed by atoms with Crippen molar-refractivity contribution in [1.29, 1.82) is 5.41 Å². The zero-order valence-corrected chi connectivity index (χ0v) is 26.3. The second kappa shape index (κ2) is 13.3. The summed E-state index contributed by atoms with van der Waals surface area (Å²) in [5.74, 6) is -2.28. The molecule has 0 bridgehead atoms. The molecule has 3 fully saturated rings. The molecule has 2 aliphatic carbocycles. The van der Waals surface area contributed by atoms with E-state index in [-0.39, 0.29) is 24.5 Å². The molecule has 0 aromatic heterocycles. The van der Waals surface area contributed by atoms with Gasteiger partial charge in [-0.25, -0.2) is 8.42 Å². The maximum Gasteiger partial charge on any atom is 0.265 e. The lowest BCUT2D eigenvalue weighted by molar-refractivity contribution is -0.142. The first kappa shape index (κ1) is 32.8. The van der Waals surface area contributed by atoms with Crippen LogP contribution in [0.3, 0.4) is 0 Å². The number of nitrogens with one attached hydrogen (secondary N) is 4. The summed E-state index contributed by atoms with van der Waals surface area (Å²) in [6.45, 7) is 6.56. The van der Waals surface area contributed by atoms with E-state index in [1.165, 1.54) is 4.90 Å². The van der Waals surface area contributed by atoms with E-state index in [1.807, 2.05) is 26.0 Å². The van der Waals surface area contributed by atoms with Crippen LogP contribution < -0.4 is 15.4 Å². The molecule has 4 atom stereocenters. The predicted octanol–water partition coefficient (Wildman–Crippen LogP) is 1.99. The fraction of sp³-hybridized carbons (Fsp3) is 0.733. The van der Waals surface area contributed by atoms with Gasteiger partial charge in [0.05, 0.1) is 4.75 Å². The summed E-state index contributed by atoms with van der Waals surface area (Å²) < 4.78 is 26.9. The summed E-state index contributed by atoms with van der Waals surface area (Å²) in [7, 11) is -3.90. The number of carbonyl (C=O) groups excluding carboxylic acids is 4. The van der Waals surface area contributed by atoms with Crippen LogP contribution in [-0.2, 0) is 29.2 Å². The maximum absolute atomic E-state index is 13.8. The van der Waals surface area contributed by atoms with Crippen LogP contribution >= 0.6 is 0 Å². The Hall–Kier alpha value is -3.09. The largest absolute Gasteiger partial charge is 0.339 e. The van der Waals surface area contributed by atoms with E-state index in [9.17, 15) is 27.6 Å². The van der Waals surface area contributed by atoms with E-state index in [4.69, 9.17) is 5.41 Å². The van der Waals surface area contributed by atoms with Crippen LogP contribution in [0.25, 0.3) is 0 Å². The first-order valence-electron chi connectivity index (χ1n) is 15.5. The molecule has 4 rings (SSSR count). The van der Waals surface area contributed by atoms with Crippen LogP contribution in [0.15, 0.2) is 17.1 Å². The highest BCUT2D eigenvalue weighted by Gasteiger charge is 2.62. The minimum Gasteiger partial charge on any atom is -0.339 e. The summed E-state index contributed by atoms with van der Waals surface area (Å²) in [6.07, 6.45) is 11.0. The van der Waals surface area contributed by atoms with Crippen molar-refractivity contribution in [1.82, 2.24) is 20.3 Å². The predicted molar refractivity (Wildman–Crippen MR) is 163 cm³/mol. The molecule has 4 amide bonds. The molecule has 2 aliphatic heterocycles. The standard InChI is InChI=1S/C30H46N6O6S/c1-20(2)19-32-16-13-22(31)25(37)33-23-11-8-6-4-5-7-10-21-18-30(21,28(40)35-43(41,42)29(3)14-15-29)34-26(38)24-12-9-17-36(24)27(23)39/h7,10,16,20-21,23-24,31H,4-6,8-9,11-15,17-19H2,1-3H3,(H,33,37)(H,34,38)(H,35,40). The van der Waals surface area contributed by atoms with Crippen molar-refractivity contribution in [3.8, 4) is 0 Å². The molecule has 2 heterocycles. The van der Waals surface area contributed by atoms with Crippen molar-refractivity contribution in [2.45, 2.75) is 114 Å². The average Bonchev–Trinajstić information content (AvgIpc) is 3.80. The second-order valence-corrected chi connectivity index (χ2v) is 15.3. The summed E-state index contributed by atoms with van der Waals surface area (Å²) in [6, 6.07) is -1.75. The third-order valence-electron chi connectivity index (χ3n) is 8.94. The Bertz CT molecular complexity index is 1290. The van der Waals surface area contributed by atoms with Gasteiger partial charge >= 0.3 is 0 Å². The van der Waals surface area contributed by atoms with Gasteiger partial charge in [-0.15, -0.1) is 0 Å². The van der Waals surface area contributed by atoms with Gasteiger partial charge in [-0.05, 0) is 64.2 Å². The van der Waals surface area contributed by atoms with E-state index in [0.717, 1.165) is 19.3 Å². The smallest absolute Gasteiger partial charge is 0.265 e. The maximum atomic E-state index is 13.8. The molecule has 4 N–H and O–H groups in total. The number of allylic oxidation sites excluding steroid dienone is 1. The van der Waals surface area contributed by atoms with Crippen molar-refractivity contribution in [2.75, 3.05) is 13.1 Å². The van der Waals surface area contributed by atoms with Gasteiger partial charge in [0.25, 0.3) is 11.8 Å². The first-order chi connectivity index (χ1) is 20.3. The second-order valence-electron chi connectivity index (χ2n) is 13.1. The van der Waals surface area contributed by atoms with Crippen LogP contribution in [0.4, 0.5) is 0 Å². The number of carbonyl (C=O) groups is 4. The van der Waals surface area contributed by atoms with Crippen molar-refractivity contribution in [2.24, 2.45) is 16.8 Å². The van der Waals surface area contributed by atoms with Gasteiger partial charge in [0.15, 0.2) is 0 Å². The molecular weight excluding hydrogens is 572 g/mol. The number of hydrogen-bond acceptors (Lipinski definition) is 8. The summed E-state index contributed by atoms with van der Waals surface area (Å²) >= 11 is 0.